The molecule has 0 aliphatic carbocycles. The molecule has 2 aromatic rings. The molecule has 3 heteroatoms. The molecule has 2 rings (SSSR count). The second-order valence-corrected chi connectivity index (χ2v) is 4.15. The fourth-order valence-corrected chi connectivity index (χ4v) is 2.19. The van der Waals surface area contributed by atoms with Crippen LogP contribution in [0.25, 0.3) is 10.8 Å². The Morgan fingerprint density at radius 2 is 1.83 bits per heavy atom. The normalized spacial score (nSPS) is 12.2. The molecule has 0 saturated heterocycles. The van der Waals surface area contributed by atoms with Crippen LogP contribution in [0.15, 0.2) is 36.4 Å². The third-order valence-corrected chi connectivity index (χ3v) is 3.14. The van der Waals surface area contributed by atoms with Crippen LogP contribution in [0.1, 0.15) is 18.4 Å². The molecule has 0 spiro atoms. The maximum atomic E-state index is 11.7. The number of carbonyl (C=O) groups is 1. The van der Waals surface area contributed by atoms with Gasteiger partial charge >= 0.3 is 5.97 Å². The van der Waals surface area contributed by atoms with Gasteiger partial charge < -0.3 is 9.47 Å². The van der Waals surface area contributed by atoms with E-state index in [4.69, 9.17) is 9.47 Å². The van der Waals surface area contributed by atoms with Crippen LogP contribution in [0, 0.1) is 0 Å². The molecule has 0 amide bonds. The number of benzene rings is 2. The van der Waals surface area contributed by atoms with Crippen LogP contribution in [0.5, 0.6) is 5.75 Å². The Kier molecular flexibility index (Phi) is 3.51. The fraction of sp³-hybridized carbons (Fsp3) is 0.267. The first kappa shape index (κ1) is 12.4. The highest BCUT2D eigenvalue weighted by molar-refractivity contribution is 5.93. The van der Waals surface area contributed by atoms with E-state index in [0.29, 0.717) is 5.75 Å². The summed E-state index contributed by atoms with van der Waals surface area (Å²) in [5.41, 5.74) is 0.877. The predicted octanol–water partition coefficient (Wildman–Crippen LogP) is 3.12. The van der Waals surface area contributed by atoms with Gasteiger partial charge in [-0.25, -0.2) is 0 Å². The van der Waals surface area contributed by atoms with Gasteiger partial charge in [-0.1, -0.05) is 30.3 Å². The van der Waals surface area contributed by atoms with E-state index in [-0.39, 0.29) is 11.9 Å². The number of methoxy groups -OCH3 is 2. The summed E-state index contributed by atoms with van der Waals surface area (Å²) in [6.07, 6.45) is 0. The van der Waals surface area contributed by atoms with Gasteiger partial charge in [0, 0.05) is 5.56 Å². The zero-order valence-electron chi connectivity index (χ0n) is 10.8. The molecule has 0 N–H and O–H groups in total. The summed E-state index contributed by atoms with van der Waals surface area (Å²) in [6.45, 7) is 1.83. The van der Waals surface area contributed by atoms with Crippen LogP contribution < -0.4 is 4.74 Å². The summed E-state index contributed by atoms with van der Waals surface area (Å²) >= 11 is 0. The zero-order valence-corrected chi connectivity index (χ0v) is 10.8. The maximum absolute atomic E-state index is 11.7. The molecular formula is C15H16O3. The molecule has 0 radical (unpaired) electrons. The molecule has 0 unspecified atom stereocenters. The van der Waals surface area contributed by atoms with E-state index in [1.807, 2.05) is 43.3 Å². The van der Waals surface area contributed by atoms with E-state index >= 15 is 0 Å². The molecule has 94 valence electrons. The van der Waals surface area contributed by atoms with Crippen molar-refractivity contribution in [3.63, 3.8) is 0 Å². The van der Waals surface area contributed by atoms with Crippen molar-refractivity contribution in [2.75, 3.05) is 14.2 Å². The Hall–Kier alpha value is -2.03. The lowest BCUT2D eigenvalue weighted by molar-refractivity contribution is -0.142. The maximum Gasteiger partial charge on any atom is 0.313 e. The minimum atomic E-state index is -0.351. The van der Waals surface area contributed by atoms with E-state index in [1.165, 1.54) is 7.11 Å². The topological polar surface area (TPSA) is 35.5 Å². The van der Waals surface area contributed by atoms with E-state index in [9.17, 15) is 4.79 Å². The van der Waals surface area contributed by atoms with Gasteiger partial charge in [-0.05, 0) is 23.8 Å². The Morgan fingerprint density at radius 3 is 2.50 bits per heavy atom. The summed E-state index contributed by atoms with van der Waals surface area (Å²) in [6, 6.07) is 11.8. The second-order valence-electron chi connectivity index (χ2n) is 4.15. The standard InChI is InChI=1S/C15H16O3/c1-10(15(16)18-3)14-12-7-5-4-6-11(12)8-9-13(14)17-2/h4-10H,1-3H3/t10-/m0/s1. The molecule has 0 aliphatic heterocycles. The quantitative estimate of drug-likeness (QED) is 0.778. The highest BCUT2D eigenvalue weighted by Crippen LogP contribution is 2.34. The lowest BCUT2D eigenvalue weighted by Gasteiger charge is -2.16. The lowest BCUT2D eigenvalue weighted by Crippen LogP contribution is -2.12. The minimum absolute atomic E-state index is 0.260. The van der Waals surface area contributed by atoms with Crippen LogP contribution in [-0.4, -0.2) is 20.2 Å². The average Bonchev–Trinajstić information content (AvgIpc) is 2.44. The van der Waals surface area contributed by atoms with Crippen molar-refractivity contribution in [1.29, 1.82) is 0 Å². The van der Waals surface area contributed by atoms with Gasteiger partial charge in [-0.15, -0.1) is 0 Å². The van der Waals surface area contributed by atoms with Gasteiger partial charge in [-0.3, -0.25) is 4.79 Å². The van der Waals surface area contributed by atoms with Crippen LogP contribution in [0.4, 0.5) is 0 Å². The van der Waals surface area contributed by atoms with E-state index in [1.54, 1.807) is 7.11 Å². The molecule has 18 heavy (non-hydrogen) atoms. The van der Waals surface area contributed by atoms with E-state index in [2.05, 4.69) is 0 Å². The third kappa shape index (κ3) is 2.04. The number of hydrogen-bond acceptors (Lipinski definition) is 3. The Labute approximate surface area is 106 Å². The molecule has 3 nitrogen and oxygen atoms in total. The lowest BCUT2D eigenvalue weighted by atomic mass is 9.94. The highest BCUT2D eigenvalue weighted by atomic mass is 16.5. The number of hydrogen-bond donors (Lipinski definition) is 0. The first-order valence-electron chi connectivity index (χ1n) is 5.82. The first-order chi connectivity index (χ1) is 8.69. The molecule has 1 atom stereocenters. The van der Waals surface area contributed by atoms with Crippen molar-refractivity contribution in [1.82, 2.24) is 0 Å². The summed E-state index contributed by atoms with van der Waals surface area (Å²) in [5.74, 6) is 0.104. The Balaban J connectivity index is 2.68. The van der Waals surface area contributed by atoms with Gasteiger partial charge in [0.15, 0.2) is 0 Å². The minimum Gasteiger partial charge on any atom is -0.496 e. The molecule has 0 bridgehead atoms. The smallest absolute Gasteiger partial charge is 0.313 e. The summed E-state index contributed by atoms with van der Waals surface area (Å²) in [7, 11) is 3.01. The molecular weight excluding hydrogens is 228 g/mol. The molecule has 0 aromatic heterocycles. The third-order valence-electron chi connectivity index (χ3n) is 3.14. The molecule has 0 heterocycles. The highest BCUT2D eigenvalue weighted by Gasteiger charge is 2.22. The number of rotatable bonds is 3. The number of fused-ring (bicyclic) bond motifs is 1. The molecule has 2 aromatic carbocycles. The van der Waals surface area contributed by atoms with Crippen LogP contribution in [0.2, 0.25) is 0 Å². The molecule has 0 fully saturated rings. The van der Waals surface area contributed by atoms with Crippen molar-refractivity contribution in [2.24, 2.45) is 0 Å². The zero-order chi connectivity index (χ0) is 13.1. The van der Waals surface area contributed by atoms with Crippen LogP contribution in [0.3, 0.4) is 0 Å². The van der Waals surface area contributed by atoms with Crippen molar-refractivity contribution in [3.05, 3.63) is 42.0 Å². The van der Waals surface area contributed by atoms with Crippen molar-refractivity contribution in [3.8, 4) is 5.75 Å². The van der Waals surface area contributed by atoms with Gasteiger partial charge in [0.1, 0.15) is 5.75 Å². The van der Waals surface area contributed by atoms with Crippen molar-refractivity contribution >= 4 is 16.7 Å². The van der Waals surface area contributed by atoms with E-state index < -0.39 is 0 Å². The fourth-order valence-electron chi connectivity index (χ4n) is 2.19. The Bertz CT molecular complexity index is 575. The molecule has 0 aliphatic rings. The SMILES string of the molecule is COC(=O)[C@@H](C)c1c(OC)ccc2ccccc12. The Morgan fingerprint density at radius 1 is 1.11 bits per heavy atom. The van der Waals surface area contributed by atoms with Gasteiger partial charge in [0.05, 0.1) is 20.1 Å². The monoisotopic (exact) mass is 244 g/mol. The van der Waals surface area contributed by atoms with Crippen LogP contribution >= 0.6 is 0 Å². The molecule has 0 saturated carbocycles. The summed E-state index contributed by atoms with van der Waals surface area (Å²) in [5, 5.41) is 2.11. The number of esters is 1. The van der Waals surface area contributed by atoms with Gasteiger partial charge in [-0.2, -0.15) is 0 Å². The number of carbonyl (C=O) groups excluding carboxylic acids is 1. The predicted molar refractivity (Wildman–Crippen MR) is 70.9 cm³/mol. The van der Waals surface area contributed by atoms with E-state index in [0.717, 1.165) is 16.3 Å². The number of ether oxygens (including phenoxy) is 2. The average molecular weight is 244 g/mol. The summed E-state index contributed by atoms with van der Waals surface area (Å²) in [4.78, 5) is 11.7. The van der Waals surface area contributed by atoms with Gasteiger partial charge in [0.25, 0.3) is 0 Å². The first-order valence-corrected chi connectivity index (χ1v) is 5.82. The van der Waals surface area contributed by atoms with Crippen molar-refractivity contribution in [2.45, 2.75) is 12.8 Å². The van der Waals surface area contributed by atoms with Crippen LogP contribution in [-0.2, 0) is 9.53 Å². The van der Waals surface area contributed by atoms with Gasteiger partial charge in [0.2, 0.25) is 0 Å². The van der Waals surface area contributed by atoms with Crippen molar-refractivity contribution < 1.29 is 14.3 Å². The largest absolute Gasteiger partial charge is 0.496 e. The second kappa shape index (κ2) is 5.08. The summed E-state index contributed by atoms with van der Waals surface area (Å²) < 4.78 is 10.2.